The predicted octanol–water partition coefficient (Wildman–Crippen LogP) is 3.52. The molecule has 0 aromatic heterocycles. The molecule has 4 nitrogen and oxygen atoms in total. The maximum absolute atomic E-state index is 13.7. The Labute approximate surface area is 119 Å². The van der Waals surface area contributed by atoms with Crippen molar-refractivity contribution >= 4 is 5.84 Å². The zero-order chi connectivity index (χ0) is 15.0. The third kappa shape index (κ3) is 4.40. The molecule has 0 saturated heterocycles. The molecular weight excluding hydrogens is 259 g/mol. The summed E-state index contributed by atoms with van der Waals surface area (Å²) in [5.41, 5.74) is 5.51. The first-order valence-corrected chi connectivity index (χ1v) is 7.03. The van der Waals surface area contributed by atoms with E-state index in [0.29, 0.717) is 18.3 Å². The van der Waals surface area contributed by atoms with Crippen LogP contribution in [0, 0.1) is 11.7 Å². The van der Waals surface area contributed by atoms with Gasteiger partial charge in [0.25, 0.3) is 0 Å². The largest absolute Gasteiger partial charge is 0.492 e. The zero-order valence-electron chi connectivity index (χ0n) is 12.1. The average molecular weight is 282 g/mol. The maximum Gasteiger partial charge on any atom is 0.176 e. The standard InChI is InChI=1S/C15H23FN2O2/c1-3-5-7-11(4-2)10-20-13-9-6-8-12(16)14(13)15(17)18-19/h6,8-9,11,19H,3-5,7,10H2,1-2H3,(H2,17,18). The van der Waals surface area contributed by atoms with Crippen LogP contribution in [0.1, 0.15) is 45.1 Å². The van der Waals surface area contributed by atoms with Gasteiger partial charge in [0.2, 0.25) is 0 Å². The summed E-state index contributed by atoms with van der Waals surface area (Å²) in [7, 11) is 0. The number of halogens is 1. The molecule has 5 heteroatoms. The molecule has 1 aromatic rings. The van der Waals surface area contributed by atoms with Gasteiger partial charge < -0.3 is 15.7 Å². The average Bonchev–Trinajstić information content (AvgIpc) is 2.46. The van der Waals surface area contributed by atoms with Gasteiger partial charge in [-0.1, -0.05) is 44.3 Å². The number of amidine groups is 1. The third-order valence-corrected chi connectivity index (χ3v) is 3.36. The molecule has 0 radical (unpaired) electrons. The fraction of sp³-hybridized carbons (Fsp3) is 0.533. The molecule has 1 atom stereocenters. The molecule has 0 spiro atoms. The first-order chi connectivity index (χ1) is 9.63. The number of rotatable bonds is 8. The van der Waals surface area contributed by atoms with Crippen LogP contribution in [0.2, 0.25) is 0 Å². The van der Waals surface area contributed by atoms with Crippen molar-refractivity contribution in [3.8, 4) is 5.75 Å². The number of unbranched alkanes of at least 4 members (excludes halogenated alkanes) is 1. The summed E-state index contributed by atoms with van der Waals surface area (Å²) in [6, 6.07) is 4.43. The second-order valence-corrected chi connectivity index (χ2v) is 4.83. The van der Waals surface area contributed by atoms with Crippen molar-refractivity contribution in [3.05, 3.63) is 29.6 Å². The van der Waals surface area contributed by atoms with E-state index in [1.807, 2.05) is 0 Å². The van der Waals surface area contributed by atoms with E-state index >= 15 is 0 Å². The van der Waals surface area contributed by atoms with Crippen LogP contribution in [-0.2, 0) is 0 Å². The summed E-state index contributed by atoms with van der Waals surface area (Å²) in [6.07, 6.45) is 4.39. The van der Waals surface area contributed by atoms with E-state index in [4.69, 9.17) is 15.7 Å². The van der Waals surface area contributed by atoms with Crippen molar-refractivity contribution in [2.24, 2.45) is 16.8 Å². The van der Waals surface area contributed by atoms with E-state index in [2.05, 4.69) is 19.0 Å². The summed E-state index contributed by atoms with van der Waals surface area (Å²) in [6.45, 7) is 4.77. The Hall–Kier alpha value is -1.78. The van der Waals surface area contributed by atoms with Gasteiger partial charge in [0.05, 0.1) is 12.2 Å². The molecule has 0 aliphatic carbocycles. The topological polar surface area (TPSA) is 67.8 Å². The normalized spacial score (nSPS) is 13.2. The first-order valence-electron chi connectivity index (χ1n) is 7.03. The molecule has 1 aromatic carbocycles. The fourth-order valence-electron chi connectivity index (χ4n) is 2.03. The molecule has 0 bridgehead atoms. The van der Waals surface area contributed by atoms with Crippen LogP contribution in [0.25, 0.3) is 0 Å². The highest BCUT2D eigenvalue weighted by atomic mass is 19.1. The second-order valence-electron chi connectivity index (χ2n) is 4.83. The minimum Gasteiger partial charge on any atom is -0.492 e. The lowest BCUT2D eigenvalue weighted by molar-refractivity contribution is 0.232. The Kier molecular flexibility index (Phi) is 6.84. The highest BCUT2D eigenvalue weighted by Gasteiger charge is 2.15. The van der Waals surface area contributed by atoms with Crippen LogP contribution in [0.5, 0.6) is 5.75 Å². The quantitative estimate of drug-likeness (QED) is 0.332. The number of nitrogens with two attached hydrogens (primary N) is 1. The second kappa shape index (κ2) is 8.40. The number of ether oxygens (including phenoxy) is 1. The van der Waals surface area contributed by atoms with Crippen LogP contribution in [0.15, 0.2) is 23.4 Å². The van der Waals surface area contributed by atoms with Crippen molar-refractivity contribution in [3.63, 3.8) is 0 Å². The van der Waals surface area contributed by atoms with E-state index in [1.54, 1.807) is 12.1 Å². The van der Waals surface area contributed by atoms with Gasteiger partial charge in [-0.3, -0.25) is 0 Å². The fourth-order valence-corrected chi connectivity index (χ4v) is 2.03. The molecule has 0 saturated carbocycles. The summed E-state index contributed by atoms with van der Waals surface area (Å²) < 4.78 is 19.4. The van der Waals surface area contributed by atoms with Crippen LogP contribution >= 0.6 is 0 Å². The van der Waals surface area contributed by atoms with Crippen LogP contribution in [-0.4, -0.2) is 17.6 Å². The van der Waals surface area contributed by atoms with Crippen molar-refractivity contribution in [1.29, 1.82) is 0 Å². The van der Waals surface area contributed by atoms with E-state index in [9.17, 15) is 4.39 Å². The lowest BCUT2D eigenvalue weighted by Gasteiger charge is -2.17. The van der Waals surface area contributed by atoms with Crippen molar-refractivity contribution < 1.29 is 14.3 Å². The zero-order valence-corrected chi connectivity index (χ0v) is 12.1. The van der Waals surface area contributed by atoms with Crippen LogP contribution < -0.4 is 10.5 Å². The number of hydrogen-bond acceptors (Lipinski definition) is 3. The van der Waals surface area contributed by atoms with Gasteiger partial charge in [0, 0.05) is 0 Å². The summed E-state index contributed by atoms with van der Waals surface area (Å²) in [5, 5.41) is 11.6. The lowest BCUT2D eigenvalue weighted by atomic mass is 10.0. The maximum atomic E-state index is 13.7. The van der Waals surface area contributed by atoms with Gasteiger partial charge in [-0.25, -0.2) is 4.39 Å². The number of nitrogens with zero attached hydrogens (tertiary/aromatic N) is 1. The van der Waals surface area contributed by atoms with Gasteiger partial charge in [0.15, 0.2) is 5.84 Å². The Morgan fingerprint density at radius 3 is 2.80 bits per heavy atom. The molecule has 112 valence electrons. The smallest absolute Gasteiger partial charge is 0.176 e. The molecule has 3 N–H and O–H groups in total. The van der Waals surface area contributed by atoms with Gasteiger partial charge in [-0.15, -0.1) is 0 Å². The molecule has 1 rings (SSSR count). The first kappa shape index (κ1) is 16.3. The Bertz CT molecular complexity index is 449. The van der Waals surface area contributed by atoms with E-state index in [0.717, 1.165) is 25.7 Å². The van der Waals surface area contributed by atoms with E-state index < -0.39 is 5.82 Å². The van der Waals surface area contributed by atoms with Crippen molar-refractivity contribution in [2.75, 3.05) is 6.61 Å². The third-order valence-electron chi connectivity index (χ3n) is 3.36. The van der Waals surface area contributed by atoms with E-state index in [1.165, 1.54) is 6.07 Å². The Morgan fingerprint density at radius 1 is 1.45 bits per heavy atom. The van der Waals surface area contributed by atoms with Crippen LogP contribution in [0.4, 0.5) is 4.39 Å². The van der Waals surface area contributed by atoms with Gasteiger partial charge in [-0.05, 0) is 24.5 Å². The molecular formula is C15H23FN2O2. The lowest BCUT2D eigenvalue weighted by Crippen LogP contribution is -2.19. The van der Waals surface area contributed by atoms with Crippen molar-refractivity contribution in [2.45, 2.75) is 39.5 Å². The molecule has 0 aliphatic rings. The number of benzene rings is 1. The van der Waals surface area contributed by atoms with E-state index in [-0.39, 0.29) is 11.4 Å². The summed E-state index contributed by atoms with van der Waals surface area (Å²) in [5.74, 6) is -0.0901. The minimum atomic E-state index is -0.556. The monoisotopic (exact) mass is 282 g/mol. The highest BCUT2D eigenvalue weighted by Crippen LogP contribution is 2.23. The summed E-state index contributed by atoms with van der Waals surface area (Å²) >= 11 is 0. The van der Waals surface area contributed by atoms with Gasteiger partial charge in [0.1, 0.15) is 11.6 Å². The molecule has 0 amide bonds. The minimum absolute atomic E-state index is 0.0142. The molecule has 1 unspecified atom stereocenters. The number of hydrogen-bond donors (Lipinski definition) is 2. The van der Waals surface area contributed by atoms with Crippen LogP contribution in [0.3, 0.4) is 0 Å². The Balaban J connectivity index is 2.79. The molecule has 0 aliphatic heterocycles. The number of oxime groups is 1. The predicted molar refractivity (Wildman–Crippen MR) is 77.7 cm³/mol. The molecule has 0 heterocycles. The molecule has 20 heavy (non-hydrogen) atoms. The van der Waals surface area contributed by atoms with Crippen molar-refractivity contribution in [1.82, 2.24) is 0 Å². The SMILES string of the molecule is CCCCC(CC)COc1cccc(F)c1C(N)=NO. The summed E-state index contributed by atoms with van der Waals surface area (Å²) in [4.78, 5) is 0. The Morgan fingerprint density at radius 2 is 2.20 bits per heavy atom. The van der Waals surface area contributed by atoms with Gasteiger partial charge in [-0.2, -0.15) is 0 Å². The molecule has 0 fully saturated rings. The highest BCUT2D eigenvalue weighted by molar-refractivity contribution is 5.99. The van der Waals surface area contributed by atoms with Gasteiger partial charge >= 0.3 is 0 Å².